The molecule has 0 atom stereocenters. The zero-order valence-corrected chi connectivity index (χ0v) is 5.87. The summed E-state index contributed by atoms with van der Waals surface area (Å²) in [4.78, 5) is 3.66. The van der Waals surface area contributed by atoms with Gasteiger partial charge in [0.05, 0.1) is 4.88 Å². The van der Waals surface area contributed by atoms with Crippen LogP contribution < -0.4 is 5.73 Å². The highest BCUT2D eigenvalue weighted by molar-refractivity contribution is 7.11. The molecule has 0 aromatic carbocycles. The van der Waals surface area contributed by atoms with Crippen molar-refractivity contribution in [2.24, 2.45) is 5.73 Å². The third-order valence-electron chi connectivity index (χ3n) is 0.961. The largest absolute Gasteiger partial charge is 0.325 e. The molecule has 0 amide bonds. The zero-order chi connectivity index (χ0) is 7.56. The molecule has 2 nitrogen and oxygen atoms in total. The van der Waals surface area contributed by atoms with Crippen LogP contribution in [0.2, 0.25) is 0 Å². The summed E-state index contributed by atoms with van der Waals surface area (Å²) in [5.41, 5.74) is 5.17. The number of alkyl halides is 2. The first kappa shape index (κ1) is 7.56. The summed E-state index contributed by atoms with van der Waals surface area (Å²) >= 11 is 0.955. The van der Waals surface area contributed by atoms with E-state index in [9.17, 15) is 8.78 Å². The van der Waals surface area contributed by atoms with Crippen molar-refractivity contribution in [1.29, 1.82) is 0 Å². The van der Waals surface area contributed by atoms with Crippen LogP contribution in [-0.2, 0) is 6.54 Å². The lowest BCUT2D eigenvalue weighted by molar-refractivity contribution is 0.155. The number of hydrogen-bond acceptors (Lipinski definition) is 3. The van der Waals surface area contributed by atoms with Gasteiger partial charge in [-0.05, 0) is 0 Å². The molecule has 2 N–H and O–H groups in total. The van der Waals surface area contributed by atoms with E-state index in [2.05, 4.69) is 4.98 Å². The maximum Gasteiger partial charge on any atom is 0.274 e. The van der Waals surface area contributed by atoms with Gasteiger partial charge < -0.3 is 5.73 Å². The maximum absolute atomic E-state index is 11.8. The molecular formula is C5H6F2N2S. The summed E-state index contributed by atoms with van der Waals surface area (Å²) in [7, 11) is 0. The highest BCUT2D eigenvalue weighted by Crippen LogP contribution is 2.24. The van der Waals surface area contributed by atoms with Crippen LogP contribution in [0.1, 0.15) is 16.3 Å². The second kappa shape index (κ2) is 3.03. The number of rotatable bonds is 2. The van der Waals surface area contributed by atoms with E-state index in [0.717, 1.165) is 17.5 Å². The Kier molecular flexibility index (Phi) is 2.29. The SMILES string of the molecule is NCc1ncc(C(F)F)s1. The Morgan fingerprint density at radius 3 is 2.70 bits per heavy atom. The molecule has 5 heteroatoms. The number of hydrogen-bond donors (Lipinski definition) is 1. The van der Waals surface area contributed by atoms with Crippen molar-refractivity contribution in [3.63, 3.8) is 0 Å². The van der Waals surface area contributed by atoms with Crippen molar-refractivity contribution in [1.82, 2.24) is 4.98 Å². The van der Waals surface area contributed by atoms with Crippen LogP contribution >= 0.6 is 11.3 Å². The van der Waals surface area contributed by atoms with Crippen molar-refractivity contribution in [2.45, 2.75) is 13.0 Å². The average molecular weight is 164 g/mol. The molecule has 0 saturated carbocycles. The Hall–Kier alpha value is -0.550. The molecule has 0 spiro atoms. The predicted octanol–water partition coefficient (Wildman–Crippen LogP) is 1.54. The van der Waals surface area contributed by atoms with E-state index in [4.69, 9.17) is 5.73 Å². The molecule has 1 aromatic heterocycles. The first-order valence-electron chi connectivity index (χ1n) is 2.67. The van der Waals surface area contributed by atoms with Gasteiger partial charge in [0.15, 0.2) is 0 Å². The highest BCUT2D eigenvalue weighted by Gasteiger charge is 2.09. The first-order chi connectivity index (χ1) is 4.74. The summed E-state index contributed by atoms with van der Waals surface area (Å²) in [5.74, 6) is 0. The third-order valence-corrected chi connectivity index (χ3v) is 1.99. The number of nitrogens with two attached hydrogens (primary N) is 1. The second-order valence-corrected chi connectivity index (χ2v) is 2.81. The van der Waals surface area contributed by atoms with Crippen LogP contribution in [0.5, 0.6) is 0 Å². The minimum Gasteiger partial charge on any atom is -0.325 e. The number of halogens is 2. The van der Waals surface area contributed by atoms with Gasteiger partial charge in [-0.25, -0.2) is 13.8 Å². The lowest BCUT2D eigenvalue weighted by Crippen LogP contribution is -1.93. The third kappa shape index (κ3) is 1.48. The van der Waals surface area contributed by atoms with Crippen molar-refractivity contribution in [3.8, 4) is 0 Å². The van der Waals surface area contributed by atoms with Crippen molar-refractivity contribution < 1.29 is 8.78 Å². The van der Waals surface area contributed by atoms with E-state index in [1.165, 1.54) is 0 Å². The van der Waals surface area contributed by atoms with Gasteiger partial charge in [0.25, 0.3) is 6.43 Å². The molecule has 1 rings (SSSR count). The van der Waals surface area contributed by atoms with Gasteiger partial charge in [-0.1, -0.05) is 0 Å². The molecular weight excluding hydrogens is 158 g/mol. The lowest BCUT2D eigenvalue weighted by Gasteiger charge is -1.87. The minimum atomic E-state index is -2.42. The van der Waals surface area contributed by atoms with Crippen LogP contribution in [0.25, 0.3) is 0 Å². The van der Waals surface area contributed by atoms with Gasteiger partial charge in [0.1, 0.15) is 5.01 Å². The first-order valence-corrected chi connectivity index (χ1v) is 3.48. The van der Waals surface area contributed by atoms with E-state index >= 15 is 0 Å². The highest BCUT2D eigenvalue weighted by atomic mass is 32.1. The molecule has 0 aliphatic rings. The molecule has 0 bridgehead atoms. The van der Waals surface area contributed by atoms with Crippen LogP contribution in [0.3, 0.4) is 0 Å². The van der Waals surface area contributed by atoms with Gasteiger partial charge >= 0.3 is 0 Å². The molecule has 10 heavy (non-hydrogen) atoms. The van der Waals surface area contributed by atoms with Gasteiger partial charge in [-0.3, -0.25) is 0 Å². The van der Waals surface area contributed by atoms with Crippen molar-refractivity contribution >= 4 is 11.3 Å². The van der Waals surface area contributed by atoms with E-state index in [-0.39, 0.29) is 11.4 Å². The fourth-order valence-corrected chi connectivity index (χ4v) is 1.17. The fraction of sp³-hybridized carbons (Fsp3) is 0.400. The fourth-order valence-electron chi connectivity index (χ4n) is 0.520. The topological polar surface area (TPSA) is 38.9 Å². The summed E-state index contributed by atoms with van der Waals surface area (Å²) in [6.07, 6.45) is -1.25. The summed E-state index contributed by atoms with van der Waals surface area (Å²) < 4.78 is 23.7. The van der Waals surface area contributed by atoms with E-state index in [1.54, 1.807) is 0 Å². The van der Waals surface area contributed by atoms with E-state index < -0.39 is 6.43 Å². The number of thiazole rings is 1. The summed E-state index contributed by atoms with van der Waals surface area (Å²) in [6, 6.07) is 0. The monoisotopic (exact) mass is 164 g/mol. The van der Waals surface area contributed by atoms with Crippen LogP contribution in [0, 0.1) is 0 Å². The number of nitrogens with zero attached hydrogens (tertiary/aromatic N) is 1. The van der Waals surface area contributed by atoms with Crippen molar-refractivity contribution in [3.05, 3.63) is 16.1 Å². The summed E-state index contributed by atoms with van der Waals surface area (Å²) in [5, 5.41) is 0.551. The molecule has 1 heterocycles. The Balaban J connectivity index is 2.78. The molecule has 0 aliphatic heterocycles. The Morgan fingerprint density at radius 2 is 2.40 bits per heavy atom. The summed E-state index contributed by atoms with van der Waals surface area (Å²) in [6.45, 7) is 0.234. The molecule has 0 unspecified atom stereocenters. The smallest absolute Gasteiger partial charge is 0.274 e. The minimum absolute atomic E-state index is 0.0135. The van der Waals surface area contributed by atoms with Gasteiger partial charge in [-0.15, -0.1) is 11.3 Å². The lowest BCUT2D eigenvalue weighted by atomic mass is 10.6. The molecule has 1 aromatic rings. The average Bonchev–Trinajstić information content (AvgIpc) is 2.34. The van der Waals surface area contributed by atoms with Gasteiger partial charge in [0, 0.05) is 12.7 Å². The quantitative estimate of drug-likeness (QED) is 0.720. The number of aromatic nitrogens is 1. The maximum atomic E-state index is 11.8. The standard InChI is InChI=1S/C5H6F2N2S/c6-5(7)3-2-9-4(1-8)10-3/h2,5H,1,8H2. The Labute approximate surface area is 60.7 Å². The van der Waals surface area contributed by atoms with E-state index in [1.807, 2.05) is 0 Å². The van der Waals surface area contributed by atoms with Crippen LogP contribution in [-0.4, -0.2) is 4.98 Å². The molecule has 56 valence electrons. The molecule has 0 saturated heterocycles. The van der Waals surface area contributed by atoms with Gasteiger partial charge in [0.2, 0.25) is 0 Å². The van der Waals surface area contributed by atoms with Crippen molar-refractivity contribution in [2.75, 3.05) is 0 Å². The normalized spacial score (nSPS) is 10.8. The molecule has 0 aliphatic carbocycles. The van der Waals surface area contributed by atoms with E-state index in [0.29, 0.717) is 5.01 Å². The Bertz CT molecular complexity index is 211. The Morgan fingerprint density at radius 1 is 1.70 bits per heavy atom. The zero-order valence-electron chi connectivity index (χ0n) is 5.05. The molecule has 0 radical (unpaired) electrons. The van der Waals surface area contributed by atoms with Gasteiger partial charge in [-0.2, -0.15) is 0 Å². The second-order valence-electron chi connectivity index (χ2n) is 1.66. The van der Waals surface area contributed by atoms with Crippen LogP contribution in [0.15, 0.2) is 6.20 Å². The molecule has 0 fully saturated rings. The predicted molar refractivity (Wildman–Crippen MR) is 35.0 cm³/mol. The van der Waals surface area contributed by atoms with Crippen LogP contribution in [0.4, 0.5) is 8.78 Å².